The third kappa shape index (κ3) is 3.08. The normalized spacial score (nSPS) is 15.4. The number of hydrogen-bond donors (Lipinski definition) is 1. The van der Waals surface area contributed by atoms with Gasteiger partial charge in [-0.05, 0) is 61.9 Å². The zero-order valence-electron chi connectivity index (χ0n) is 10.8. The summed E-state index contributed by atoms with van der Waals surface area (Å²) in [6.07, 6.45) is 4.29. The maximum Gasteiger partial charge on any atom is 0.0208 e. The van der Waals surface area contributed by atoms with Crippen LogP contribution in [0.3, 0.4) is 0 Å². The van der Waals surface area contributed by atoms with Crippen LogP contribution in [0.25, 0.3) is 0 Å². The number of hydrogen-bond acceptors (Lipinski definition) is 1. The first kappa shape index (κ1) is 11.7. The molecule has 1 saturated carbocycles. The smallest absolute Gasteiger partial charge is 0.0208 e. The molecule has 0 aromatic heterocycles. The summed E-state index contributed by atoms with van der Waals surface area (Å²) < 4.78 is 0. The predicted octanol–water partition coefficient (Wildman–Crippen LogP) is 3.50. The fraction of sp³-hybridized carbons (Fsp3) is 0.600. The van der Waals surface area contributed by atoms with Crippen LogP contribution in [-0.2, 0) is 6.54 Å². The average molecular weight is 217 g/mol. The lowest BCUT2D eigenvalue weighted by molar-refractivity contribution is 0.611. The molecule has 0 atom stereocenters. The minimum atomic E-state index is 1.03. The standard InChI is InChI=1S/C15H23N/c1-11-8-13(3)15(9-12(11)2)10-16-7-6-14-4-5-14/h8-9,14,16H,4-7,10H2,1-3H3. The second-order valence-electron chi connectivity index (χ2n) is 5.27. The molecule has 88 valence electrons. The van der Waals surface area contributed by atoms with Gasteiger partial charge in [0.2, 0.25) is 0 Å². The molecular formula is C15H23N. The van der Waals surface area contributed by atoms with E-state index in [0.29, 0.717) is 0 Å². The van der Waals surface area contributed by atoms with Gasteiger partial charge in [0.25, 0.3) is 0 Å². The molecule has 1 aromatic rings. The van der Waals surface area contributed by atoms with Gasteiger partial charge in [-0.25, -0.2) is 0 Å². The van der Waals surface area contributed by atoms with E-state index in [2.05, 4.69) is 38.2 Å². The Kier molecular flexibility index (Phi) is 3.65. The van der Waals surface area contributed by atoms with Crippen LogP contribution in [0.15, 0.2) is 12.1 Å². The molecule has 1 aromatic carbocycles. The van der Waals surface area contributed by atoms with Crippen molar-refractivity contribution in [1.82, 2.24) is 5.32 Å². The highest BCUT2D eigenvalue weighted by Crippen LogP contribution is 2.31. The lowest BCUT2D eigenvalue weighted by Gasteiger charge is -2.10. The first-order valence-electron chi connectivity index (χ1n) is 6.44. The summed E-state index contributed by atoms with van der Waals surface area (Å²) in [5.74, 6) is 1.04. The summed E-state index contributed by atoms with van der Waals surface area (Å²) in [7, 11) is 0. The van der Waals surface area contributed by atoms with E-state index in [1.54, 1.807) is 0 Å². The van der Waals surface area contributed by atoms with Crippen LogP contribution in [0, 0.1) is 26.7 Å². The number of nitrogens with one attached hydrogen (secondary N) is 1. The van der Waals surface area contributed by atoms with Crippen LogP contribution in [0.5, 0.6) is 0 Å². The van der Waals surface area contributed by atoms with E-state index in [-0.39, 0.29) is 0 Å². The molecule has 0 bridgehead atoms. The zero-order chi connectivity index (χ0) is 11.5. The zero-order valence-corrected chi connectivity index (χ0v) is 10.8. The Balaban J connectivity index is 1.85. The summed E-state index contributed by atoms with van der Waals surface area (Å²) >= 11 is 0. The fourth-order valence-corrected chi connectivity index (χ4v) is 2.15. The molecule has 16 heavy (non-hydrogen) atoms. The fourth-order valence-electron chi connectivity index (χ4n) is 2.15. The Labute approximate surface area is 99.3 Å². The van der Waals surface area contributed by atoms with Crippen LogP contribution in [0.1, 0.15) is 41.5 Å². The van der Waals surface area contributed by atoms with Crippen LogP contribution in [0.4, 0.5) is 0 Å². The second kappa shape index (κ2) is 5.01. The van der Waals surface area contributed by atoms with Crippen molar-refractivity contribution in [2.45, 2.75) is 46.6 Å². The van der Waals surface area contributed by atoms with Gasteiger partial charge >= 0.3 is 0 Å². The van der Waals surface area contributed by atoms with Crippen LogP contribution >= 0.6 is 0 Å². The van der Waals surface area contributed by atoms with Crippen LogP contribution in [-0.4, -0.2) is 6.54 Å². The maximum absolute atomic E-state index is 3.56. The van der Waals surface area contributed by atoms with Crippen molar-refractivity contribution >= 4 is 0 Å². The SMILES string of the molecule is Cc1cc(C)c(CNCCC2CC2)cc1C. The quantitative estimate of drug-likeness (QED) is 0.744. The van der Waals surface area contributed by atoms with E-state index in [4.69, 9.17) is 0 Å². The molecule has 1 aliphatic rings. The van der Waals surface area contributed by atoms with Gasteiger partial charge in [0.05, 0.1) is 0 Å². The van der Waals surface area contributed by atoms with Crippen LogP contribution in [0.2, 0.25) is 0 Å². The largest absolute Gasteiger partial charge is 0.313 e. The lowest BCUT2D eigenvalue weighted by atomic mass is 10.0. The Bertz CT molecular complexity index is 364. The van der Waals surface area contributed by atoms with Crippen molar-refractivity contribution < 1.29 is 0 Å². The van der Waals surface area contributed by atoms with Gasteiger partial charge in [0, 0.05) is 6.54 Å². The van der Waals surface area contributed by atoms with E-state index in [1.807, 2.05) is 0 Å². The Morgan fingerprint density at radius 1 is 1.06 bits per heavy atom. The molecule has 0 radical (unpaired) electrons. The average Bonchev–Trinajstić information content (AvgIpc) is 3.04. The highest BCUT2D eigenvalue weighted by molar-refractivity contribution is 5.36. The maximum atomic E-state index is 3.56. The van der Waals surface area contributed by atoms with E-state index in [0.717, 1.165) is 12.5 Å². The van der Waals surface area contributed by atoms with Crippen molar-refractivity contribution in [3.05, 3.63) is 34.4 Å². The molecule has 1 aliphatic carbocycles. The molecule has 0 amide bonds. The van der Waals surface area contributed by atoms with Gasteiger partial charge in [-0.15, -0.1) is 0 Å². The molecule has 1 nitrogen and oxygen atoms in total. The number of benzene rings is 1. The van der Waals surface area contributed by atoms with E-state index in [1.165, 1.54) is 48.1 Å². The molecule has 0 heterocycles. The van der Waals surface area contributed by atoms with E-state index < -0.39 is 0 Å². The second-order valence-corrected chi connectivity index (χ2v) is 5.27. The van der Waals surface area contributed by atoms with E-state index >= 15 is 0 Å². The highest BCUT2D eigenvalue weighted by Gasteiger charge is 2.19. The van der Waals surface area contributed by atoms with E-state index in [9.17, 15) is 0 Å². The Morgan fingerprint density at radius 2 is 1.75 bits per heavy atom. The summed E-state index contributed by atoms with van der Waals surface area (Å²) in [5.41, 5.74) is 5.68. The third-order valence-corrected chi connectivity index (χ3v) is 3.69. The number of aryl methyl sites for hydroxylation is 3. The molecule has 1 N–H and O–H groups in total. The molecule has 0 aliphatic heterocycles. The third-order valence-electron chi connectivity index (χ3n) is 3.69. The minimum absolute atomic E-state index is 1.03. The van der Waals surface area contributed by atoms with Gasteiger partial charge in [0.1, 0.15) is 0 Å². The molecule has 1 heteroatoms. The highest BCUT2D eigenvalue weighted by atomic mass is 14.8. The van der Waals surface area contributed by atoms with Gasteiger partial charge in [-0.1, -0.05) is 25.0 Å². The molecule has 1 fully saturated rings. The molecule has 2 rings (SSSR count). The topological polar surface area (TPSA) is 12.0 Å². The van der Waals surface area contributed by atoms with Crippen molar-refractivity contribution in [3.8, 4) is 0 Å². The summed E-state index contributed by atoms with van der Waals surface area (Å²) in [4.78, 5) is 0. The van der Waals surface area contributed by atoms with Crippen molar-refractivity contribution in [1.29, 1.82) is 0 Å². The van der Waals surface area contributed by atoms with Gasteiger partial charge in [-0.3, -0.25) is 0 Å². The summed E-state index contributed by atoms with van der Waals surface area (Å²) in [6, 6.07) is 4.63. The lowest BCUT2D eigenvalue weighted by Crippen LogP contribution is -2.16. The van der Waals surface area contributed by atoms with Gasteiger partial charge in [0.15, 0.2) is 0 Å². The van der Waals surface area contributed by atoms with Gasteiger partial charge in [-0.2, -0.15) is 0 Å². The summed E-state index contributed by atoms with van der Waals surface area (Å²) in [5, 5.41) is 3.56. The van der Waals surface area contributed by atoms with Crippen molar-refractivity contribution in [2.75, 3.05) is 6.54 Å². The predicted molar refractivity (Wildman–Crippen MR) is 69.7 cm³/mol. The Morgan fingerprint density at radius 3 is 2.44 bits per heavy atom. The summed E-state index contributed by atoms with van der Waals surface area (Å²) in [6.45, 7) is 8.80. The van der Waals surface area contributed by atoms with Crippen molar-refractivity contribution in [2.24, 2.45) is 5.92 Å². The molecule has 0 unspecified atom stereocenters. The van der Waals surface area contributed by atoms with Crippen LogP contribution < -0.4 is 5.32 Å². The molecule has 0 saturated heterocycles. The molecule has 0 spiro atoms. The number of rotatable bonds is 5. The molecular weight excluding hydrogens is 194 g/mol. The minimum Gasteiger partial charge on any atom is -0.313 e. The van der Waals surface area contributed by atoms with Crippen molar-refractivity contribution in [3.63, 3.8) is 0 Å². The monoisotopic (exact) mass is 217 g/mol. The first-order chi connectivity index (χ1) is 7.66. The van der Waals surface area contributed by atoms with Gasteiger partial charge < -0.3 is 5.32 Å². The Hall–Kier alpha value is -0.820. The first-order valence-corrected chi connectivity index (χ1v) is 6.44.